The van der Waals surface area contributed by atoms with Crippen LogP contribution in [0.25, 0.3) is 0 Å². The SMILES string of the molecule is Cc1nc(SCC(=O)Nc2cc(Cl)ccc2Oc2ccccc2)c(C(N)=O)c(C)c1C. The summed E-state index contributed by atoms with van der Waals surface area (Å²) in [5.74, 6) is 0.275. The summed E-state index contributed by atoms with van der Waals surface area (Å²) >= 11 is 7.26. The molecule has 1 aromatic heterocycles. The number of carbonyl (C=O) groups excluding carboxylic acids is 2. The first kappa shape index (κ1) is 22.7. The number of ether oxygens (including phenoxy) is 1. The molecule has 3 rings (SSSR count). The van der Waals surface area contributed by atoms with Crippen LogP contribution in [0, 0.1) is 20.8 Å². The summed E-state index contributed by atoms with van der Waals surface area (Å²) < 4.78 is 5.87. The summed E-state index contributed by atoms with van der Waals surface area (Å²) in [5.41, 5.74) is 8.81. The fourth-order valence-electron chi connectivity index (χ4n) is 2.93. The molecule has 2 amide bonds. The predicted molar refractivity (Wildman–Crippen MR) is 124 cm³/mol. The third-order valence-electron chi connectivity index (χ3n) is 4.74. The molecule has 3 aromatic rings. The van der Waals surface area contributed by atoms with E-state index in [1.807, 2.05) is 51.1 Å². The number of hydrogen-bond acceptors (Lipinski definition) is 5. The van der Waals surface area contributed by atoms with Gasteiger partial charge in [0.1, 0.15) is 10.8 Å². The second kappa shape index (κ2) is 9.85. The van der Waals surface area contributed by atoms with Gasteiger partial charge in [-0.1, -0.05) is 41.6 Å². The van der Waals surface area contributed by atoms with E-state index in [-0.39, 0.29) is 11.7 Å². The van der Waals surface area contributed by atoms with Gasteiger partial charge >= 0.3 is 0 Å². The number of aryl methyl sites for hydroxylation is 1. The number of aromatic nitrogens is 1. The Morgan fingerprint density at radius 1 is 1.10 bits per heavy atom. The van der Waals surface area contributed by atoms with Crippen LogP contribution < -0.4 is 15.8 Å². The first-order valence-electron chi connectivity index (χ1n) is 9.49. The van der Waals surface area contributed by atoms with Crippen LogP contribution in [0.4, 0.5) is 5.69 Å². The zero-order valence-electron chi connectivity index (χ0n) is 17.4. The molecule has 0 spiro atoms. The van der Waals surface area contributed by atoms with Crippen LogP contribution in [0.15, 0.2) is 53.6 Å². The van der Waals surface area contributed by atoms with Crippen LogP contribution in [-0.4, -0.2) is 22.6 Å². The Balaban J connectivity index is 1.77. The average Bonchev–Trinajstić information content (AvgIpc) is 2.73. The van der Waals surface area contributed by atoms with E-state index >= 15 is 0 Å². The second-order valence-corrected chi connectivity index (χ2v) is 8.28. The van der Waals surface area contributed by atoms with E-state index in [1.165, 1.54) is 0 Å². The highest BCUT2D eigenvalue weighted by Crippen LogP contribution is 2.33. The molecule has 0 aliphatic carbocycles. The number of anilines is 1. The van der Waals surface area contributed by atoms with Gasteiger partial charge < -0.3 is 15.8 Å². The molecule has 0 aliphatic heterocycles. The lowest BCUT2D eigenvalue weighted by Gasteiger charge is -2.14. The molecule has 0 unspecified atom stereocenters. The van der Waals surface area contributed by atoms with Crippen molar-refractivity contribution < 1.29 is 14.3 Å². The number of nitrogens with two attached hydrogens (primary N) is 1. The number of amides is 2. The minimum absolute atomic E-state index is 0.0342. The van der Waals surface area contributed by atoms with Gasteiger partial charge in [0.2, 0.25) is 5.91 Å². The molecular weight excluding hydrogens is 434 g/mol. The second-order valence-electron chi connectivity index (χ2n) is 6.88. The van der Waals surface area contributed by atoms with Gasteiger partial charge in [-0.25, -0.2) is 4.98 Å². The van der Waals surface area contributed by atoms with E-state index < -0.39 is 5.91 Å². The van der Waals surface area contributed by atoms with E-state index in [0.717, 1.165) is 28.6 Å². The third-order valence-corrected chi connectivity index (χ3v) is 5.95. The van der Waals surface area contributed by atoms with Crippen molar-refractivity contribution in [2.45, 2.75) is 25.8 Å². The fourth-order valence-corrected chi connectivity index (χ4v) is 4.04. The van der Waals surface area contributed by atoms with Crippen molar-refractivity contribution in [3.8, 4) is 11.5 Å². The maximum Gasteiger partial charge on any atom is 0.251 e. The third kappa shape index (κ3) is 5.57. The van der Waals surface area contributed by atoms with Crippen molar-refractivity contribution in [2.24, 2.45) is 5.73 Å². The number of primary amides is 1. The number of pyridine rings is 1. The summed E-state index contributed by atoms with van der Waals surface area (Å²) in [5, 5.41) is 3.72. The van der Waals surface area contributed by atoms with Crippen molar-refractivity contribution in [3.63, 3.8) is 0 Å². The van der Waals surface area contributed by atoms with Gasteiger partial charge in [-0.05, 0) is 62.2 Å². The van der Waals surface area contributed by atoms with Crippen molar-refractivity contribution >= 4 is 40.9 Å². The molecule has 2 aromatic carbocycles. The zero-order chi connectivity index (χ0) is 22.5. The highest BCUT2D eigenvalue weighted by Gasteiger charge is 2.19. The molecule has 3 N–H and O–H groups in total. The highest BCUT2D eigenvalue weighted by atomic mass is 35.5. The first-order valence-corrected chi connectivity index (χ1v) is 10.9. The summed E-state index contributed by atoms with van der Waals surface area (Å²) in [4.78, 5) is 29.0. The van der Waals surface area contributed by atoms with Crippen LogP contribution >= 0.6 is 23.4 Å². The minimum Gasteiger partial charge on any atom is -0.455 e. The molecule has 0 aliphatic rings. The van der Waals surface area contributed by atoms with E-state index in [2.05, 4.69) is 10.3 Å². The van der Waals surface area contributed by atoms with Crippen LogP contribution in [0.2, 0.25) is 5.02 Å². The summed E-state index contributed by atoms with van der Waals surface area (Å²) in [6.07, 6.45) is 0. The molecule has 8 heteroatoms. The van der Waals surface area contributed by atoms with Gasteiger partial charge in [-0.3, -0.25) is 9.59 Å². The Labute approximate surface area is 190 Å². The maximum absolute atomic E-state index is 12.6. The minimum atomic E-state index is -0.565. The first-order chi connectivity index (χ1) is 14.8. The van der Waals surface area contributed by atoms with E-state index in [9.17, 15) is 9.59 Å². The molecule has 31 heavy (non-hydrogen) atoms. The molecule has 0 fully saturated rings. The Bertz CT molecular complexity index is 1140. The normalized spacial score (nSPS) is 10.6. The lowest BCUT2D eigenvalue weighted by molar-refractivity contribution is -0.113. The number of rotatable bonds is 7. The number of hydrogen-bond donors (Lipinski definition) is 2. The lowest BCUT2D eigenvalue weighted by Crippen LogP contribution is -2.18. The number of halogens is 1. The Morgan fingerprint density at radius 2 is 1.81 bits per heavy atom. The van der Waals surface area contributed by atoms with Gasteiger partial charge in [0, 0.05) is 10.7 Å². The smallest absolute Gasteiger partial charge is 0.251 e. The zero-order valence-corrected chi connectivity index (χ0v) is 18.9. The Kier molecular flexibility index (Phi) is 7.20. The summed E-state index contributed by atoms with van der Waals surface area (Å²) in [6, 6.07) is 14.2. The van der Waals surface area contributed by atoms with Crippen molar-refractivity contribution in [3.05, 3.63) is 75.9 Å². The van der Waals surface area contributed by atoms with Crippen LogP contribution in [0.3, 0.4) is 0 Å². The van der Waals surface area contributed by atoms with Crippen LogP contribution in [0.1, 0.15) is 27.2 Å². The van der Waals surface area contributed by atoms with Gasteiger partial charge in [0.05, 0.1) is 17.0 Å². The number of carbonyl (C=O) groups is 2. The summed E-state index contributed by atoms with van der Waals surface area (Å²) in [7, 11) is 0. The molecule has 0 atom stereocenters. The number of thioether (sulfide) groups is 1. The molecule has 0 radical (unpaired) electrons. The molecule has 160 valence electrons. The Hall–Kier alpha value is -3.03. The molecule has 0 saturated carbocycles. The molecular formula is C23H22ClN3O3S. The molecule has 1 heterocycles. The van der Waals surface area contributed by atoms with Gasteiger partial charge in [0.25, 0.3) is 5.91 Å². The number of benzene rings is 2. The van der Waals surface area contributed by atoms with Gasteiger partial charge in [-0.2, -0.15) is 0 Å². The topological polar surface area (TPSA) is 94.3 Å². The summed E-state index contributed by atoms with van der Waals surface area (Å²) in [6.45, 7) is 5.57. The van der Waals surface area contributed by atoms with Gasteiger partial charge in [0.15, 0.2) is 5.75 Å². The largest absolute Gasteiger partial charge is 0.455 e. The lowest BCUT2D eigenvalue weighted by atomic mass is 10.0. The monoisotopic (exact) mass is 455 g/mol. The standard InChI is InChI=1S/C23H22ClN3O3S/c1-13-14(2)21(22(25)29)23(26-15(13)3)31-12-20(28)27-18-11-16(24)9-10-19(18)30-17-7-5-4-6-8-17/h4-11H,12H2,1-3H3,(H2,25,29)(H,27,28). The van der Waals surface area contributed by atoms with Gasteiger partial charge in [-0.15, -0.1) is 0 Å². The van der Waals surface area contributed by atoms with Crippen LogP contribution in [0.5, 0.6) is 11.5 Å². The number of nitrogens with one attached hydrogen (secondary N) is 1. The van der Waals surface area contributed by atoms with Crippen LogP contribution in [-0.2, 0) is 4.79 Å². The van der Waals surface area contributed by atoms with Crippen molar-refractivity contribution in [1.82, 2.24) is 4.98 Å². The Morgan fingerprint density at radius 3 is 2.48 bits per heavy atom. The number of para-hydroxylation sites is 1. The van der Waals surface area contributed by atoms with Crippen molar-refractivity contribution in [1.29, 1.82) is 0 Å². The maximum atomic E-state index is 12.6. The average molecular weight is 456 g/mol. The molecule has 6 nitrogen and oxygen atoms in total. The fraction of sp³-hybridized carbons (Fsp3) is 0.174. The highest BCUT2D eigenvalue weighted by molar-refractivity contribution is 8.00. The number of nitrogens with zero attached hydrogens (tertiary/aromatic N) is 1. The predicted octanol–water partition coefficient (Wildman–Crippen LogP) is 5.28. The molecule has 0 bridgehead atoms. The molecule has 0 saturated heterocycles. The quantitative estimate of drug-likeness (QED) is 0.472. The van der Waals surface area contributed by atoms with E-state index in [0.29, 0.717) is 32.8 Å². The van der Waals surface area contributed by atoms with E-state index in [4.69, 9.17) is 22.1 Å². The van der Waals surface area contributed by atoms with E-state index in [1.54, 1.807) is 18.2 Å². The van der Waals surface area contributed by atoms with Crippen molar-refractivity contribution in [2.75, 3.05) is 11.1 Å².